The van der Waals surface area contributed by atoms with Crippen molar-refractivity contribution >= 4 is 11.6 Å². The molecule has 0 bridgehead atoms. The van der Waals surface area contributed by atoms with E-state index in [1.807, 2.05) is 0 Å². The molecule has 0 aliphatic rings. The van der Waals surface area contributed by atoms with Gasteiger partial charge < -0.3 is 5.11 Å². The van der Waals surface area contributed by atoms with Crippen LogP contribution in [0.4, 0.5) is 8.78 Å². The highest BCUT2D eigenvalue weighted by molar-refractivity contribution is 6.29. The quantitative estimate of drug-likeness (QED) is 0.723. The molecule has 2 nitrogen and oxygen atoms in total. The Hall–Kier alpha value is -0.740. The van der Waals surface area contributed by atoms with E-state index in [9.17, 15) is 8.78 Å². The topological polar surface area (TPSA) is 33.1 Å². The van der Waals surface area contributed by atoms with Crippen molar-refractivity contribution in [3.8, 4) is 0 Å². The first kappa shape index (κ1) is 9.35. The van der Waals surface area contributed by atoms with Gasteiger partial charge in [-0.25, -0.2) is 4.98 Å². The number of hydrogen-bond acceptors (Lipinski definition) is 2. The lowest BCUT2D eigenvalue weighted by Crippen LogP contribution is -2.17. The van der Waals surface area contributed by atoms with Gasteiger partial charge >= 0.3 is 6.11 Å². The van der Waals surface area contributed by atoms with Crippen LogP contribution in [0, 0.1) is 6.20 Å². The Morgan fingerprint density at radius 2 is 2.25 bits per heavy atom. The van der Waals surface area contributed by atoms with Crippen LogP contribution in [0.15, 0.2) is 12.1 Å². The number of aromatic nitrogens is 1. The number of halogens is 3. The lowest BCUT2D eigenvalue weighted by Gasteiger charge is -2.06. The first-order chi connectivity index (χ1) is 5.47. The van der Waals surface area contributed by atoms with E-state index in [0.29, 0.717) is 0 Å². The summed E-state index contributed by atoms with van der Waals surface area (Å²) in [6.07, 6.45) is -2.24. The van der Waals surface area contributed by atoms with E-state index in [-0.39, 0.29) is 10.7 Å². The summed E-state index contributed by atoms with van der Waals surface area (Å²) in [4.78, 5) is 3.46. The number of pyridine rings is 1. The number of hydrogen-bond donors (Lipinski definition) is 1. The average Bonchev–Trinajstić information content (AvgIpc) is 1.91. The molecule has 1 N–H and O–H groups in total. The Bertz CT molecular complexity index is 257. The number of rotatable bonds is 2. The minimum atomic E-state index is -3.72. The van der Waals surface area contributed by atoms with Gasteiger partial charge in [0.2, 0.25) is 0 Å². The molecule has 0 spiro atoms. The third kappa shape index (κ3) is 3.11. The summed E-state index contributed by atoms with van der Waals surface area (Å²) in [5, 5.41) is 8.31. The number of aliphatic hydroxyl groups is 1. The van der Waals surface area contributed by atoms with Crippen molar-refractivity contribution in [1.82, 2.24) is 4.98 Å². The van der Waals surface area contributed by atoms with Gasteiger partial charge in [0.15, 0.2) is 0 Å². The van der Waals surface area contributed by atoms with Gasteiger partial charge in [-0.05, 0) is 11.6 Å². The van der Waals surface area contributed by atoms with Crippen LogP contribution in [-0.4, -0.2) is 16.2 Å². The molecular weight excluding hydrogens is 188 g/mol. The maximum atomic E-state index is 12.0. The van der Waals surface area contributed by atoms with Gasteiger partial charge in [-0.15, -0.1) is 0 Å². The van der Waals surface area contributed by atoms with E-state index in [1.165, 1.54) is 12.1 Å². The first-order valence-electron chi connectivity index (χ1n) is 3.11. The standard InChI is InChI=1S/C7H5ClF2NO/c8-6-2-1-5(4-11-6)3-7(9,10)12/h1-2,12H,3H2. The van der Waals surface area contributed by atoms with Gasteiger partial charge in [0, 0.05) is 0 Å². The monoisotopic (exact) mass is 192 g/mol. The van der Waals surface area contributed by atoms with Crippen molar-refractivity contribution in [1.29, 1.82) is 0 Å². The summed E-state index contributed by atoms with van der Waals surface area (Å²) in [7, 11) is 0. The van der Waals surface area contributed by atoms with Crippen LogP contribution in [0.25, 0.3) is 0 Å². The molecular formula is C7H5ClF2NO. The van der Waals surface area contributed by atoms with Gasteiger partial charge in [-0.2, -0.15) is 8.78 Å². The second kappa shape index (κ2) is 3.33. The van der Waals surface area contributed by atoms with E-state index >= 15 is 0 Å². The Morgan fingerprint density at radius 1 is 1.58 bits per heavy atom. The molecule has 1 aromatic heterocycles. The summed E-state index contributed by atoms with van der Waals surface area (Å²) in [5.74, 6) is 0. The van der Waals surface area contributed by atoms with Crippen LogP contribution >= 0.6 is 11.6 Å². The Balaban J connectivity index is 2.71. The second-order valence-electron chi connectivity index (χ2n) is 2.25. The third-order valence-electron chi connectivity index (χ3n) is 1.13. The molecule has 0 saturated carbocycles. The normalized spacial score (nSPS) is 11.7. The SMILES string of the molecule is OC(F)(F)Cc1[c]nc(Cl)cc1. The largest absolute Gasteiger partial charge is 0.357 e. The highest BCUT2D eigenvalue weighted by Crippen LogP contribution is 2.16. The van der Waals surface area contributed by atoms with Gasteiger partial charge in [0.05, 0.1) is 12.6 Å². The zero-order valence-electron chi connectivity index (χ0n) is 5.89. The number of alkyl halides is 2. The fourth-order valence-corrected chi connectivity index (χ4v) is 0.802. The van der Waals surface area contributed by atoms with Crippen molar-refractivity contribution in [3.63, 3.8) is 0 Å². The third-order valence-corrected chi connectivity index (χ3v) is 1.34. The molecule has 0 unspecified atom stereocenters. The van der Waals surface area contributed by atoms with E-state index in [1.54, 1.807) is 0 Å². The lowest BCUT2D eigenvalue weighted by molar-refractivity contribution is -0.196. The lowest BCUT2D eigenvalue weighted by atomic mass is 10.2. The van der Waals surface area contributed by atoms with Crippen molar-refractivity contribution in [2.45, 2.75) is 12.5 Å². The molecule has 0 aliphatic carbocycles. The summed E-state index contributed by atoms with van der Waals surface area (Å²) in [6.45, 7) is 0. The smallest absolute Gasteiger partial charge is 0.336 e. The van der Waals surface area contributed by atoms with Gasteiger partial charge in [0.25, 0.3) is 0 Å². The van der Waals surface area contributed by atoms with Crippen molar-refractivity contribution in [3.05, 3.63) is 29.0 Å². The number of nitrogens with zero attached hydrogens (tertiary/aromatic N) is 1. The van der Waals surface area contributed by atoms with Gasteiger partial charge in [-0.3, -0.25) is 0 Å². The van der Waals surface area contributed by atoms with Crippen LogP contribution in [0.3, 0.4) is 0 Å². The van der Waals surface area contributed by atoms with Crippen LogP contribution < -0.4 is 0 Å². The van der Waals surface area contributed by atoms with E-state index in [2.05, 4.69) is 11.2 Å². The molecule has 1 aromatic rings. The molecule has 0 aromatic carbocycles. The molecule has 12 heavy (non-hydrogen) atoms. The molecule has 0 fully saturated rings. The Labute approximate surface area is 72.8 Å². The van der Waals surface area contributed by atoms with Gasteiger partial charge in [0.1, 0.15) is 5.15 Å². The average molecular weight is 193 g/mol. The van der Waals surface area contributed by atoms with Gasteiger partial charge in [-0.1, -0.05) is 17.7 Å². The first-order valence-corrected chi connectivity index (χ1v) is 3.48. The summed E-state index contributed by atoms with van der Waals surface area (Å²) >= 11 is 5.39. The summed E-state index contributed by atoms with van der Waals surface area (Å²) < 4.78 is 24.0. The van der Waals surface area contributed by atoms with Crippen molar-refractivity contribution in [2.75, 3.05) is 0 Å². The minimum absolute atomic E-state index is 0.118. The minimum Gasteiger partial charge on any atom is -0.336 e. The Kier molecular flexibility index (Phi) is 2.59. The molecule has 0 saturated heterocycles. The molecule has 0 aliphatic heterocycles. The molecule has 1 radical (unpaired) electrons. The molecule has 1 rings (SSSR count). The zero-order chi connectivity index (χ0) is 9.19. The second-order valence-corrected chi connectivity index (χ2v) is 2.63. The van der Waals surface area contributed by atoms with E-state index in [0.717, 1.165) is 0 Å². The predicted octanol–water partition coefficient (Wildman–Crippen LogP) is 1.66. The molecule has 0 atom stereocenters. The molecule has 0 amide bonds. The molecule has 5 heteroatoms. The summed E-state index contributed by atoms with van der Waals surface area (Å²) in [6, 6.07) is 2.69. The van der Waals surface area contributed by atoms with E-state index in [4.69, 9.17) is 16.7 Å². The zero-order valence-corrected chi connectivity index (χ0v) is 6.65. The highest BCUT2D eigenvalue weighted by Gasteiger charge is 2.24. The Morgan fingerprint density at radius 3 is 2.67 bits per heavy atom. The maximum Gasteiger partial charge on any atom is 0.357 e. The fourth-order valence-electron chi connectivity index (χ4n) is 0.697. The van der Waals surface area contributed by atoms with Crippen LogP contribution in [0.5, 0.6) is 0 Å². The maximum absolute atomic E-state index is 12.0. The van der Waals surface area contributed by atoms with Crippen LogP contribution in [0.1, 0.15) is 5.56 Å². The summed E-state index contributed by atoms with van der Waals surface area (Å²) in [5.41, 5.74) is 0.118. The van der Waals surface area contributed by atoms with Crippen LogP contribution in [0.2, 0.25) is 5.15 Å². The van der Waals surface area contributed by atoms with E-state index < -0.39 is 12.5 Å². The fraction of sp³-hybridized carbons (Fsp3) is 0.286. The molecule has 65 valence electrons. The highest BCUT2D eigenvalue weighted by atomic mass is 35.5. The van der Waals surface area contributed by atoms with Crippen LogP contribution in [-0.2, 0) is 6.42 Å². The predicted molar refractivity (Wildman–Crippen MR) is 39.0 cm³/mol. The molecule has 1 heterocycles. The van der Waals surface area contributed by atoms with Crippen molar-refractivity contribution < 1.29 is 13.9 Å². The van der Waals surface area contributed by atoms with Crippen molar-refractivity contribution in [2.24, 2.45) is 0 Å².